The van der Waals surface area contributed by atoms with Crippen LogP contribution in [0, 0.1) is 18.8 Å². The third-order valence-corrected chi connectivity index (χ3v) is 4.58. The number of pyridine rings is 1. The Morgan fingerprint density at radius 3 is 2.69 bits per heavy atom. The first kappa shape index (κ1) is 10.5. The molecule has 16 heavy (non-hydrogen) atoms. The van der Waals surface area contributed by atoms with Crippen LogP contribution in [0.4, 0.5) is 5.82 Å². The van der Waals surface area contributed by atoms with E-state index < -0.39 is 0 Å². The van der Waals surface area contributed by atoms with E-state index in [9.17, 15) is 0 Å². The van der Waals surface area contributed by atoms with Gasteiger partial charge in [-0.2, -0.15) is 0 Å². The average Bonchev–Trinajstić information content (AvgIpc) is 2.81. The number of halogens is 1. The molecule has 0 saturated carbocycles. The number of hydrogen-bond acceptors (Lipinski definition) is 3. The first-order valence-corrected chi connectivity index (χ1v) is 6.61. The van der Waals surface area contributed by atoms with Gasteiger partial charge in [-0.25, -0.2) is 4.98 Å². The van der Waals surface area contributed by atoms with Crippen molar-refractivity contribution >= 4 is 21.7 Å². The van der Waals surface area contributed by atoms with Gasteiger partial charge in [-0.3, -0.25) is 0 Å². The molecule has 1 aromatic heterocycles. The molecule has 0 radical (unpaired) electrons. The van der Waals surface area contributed by atoms with E-state index in [4.69, 9.17) is 0 Å². The van der Waals surface area contributed by atoms with Crippen LogP contribution in [0.2, 0.25) is 0 Å². The van der Waals surface area contributed by atoms with E-state index in [2.05, 4.69) is 44.1 Å². The van der Waals surface area contributed by atoms with Crippen molar-refractivity contribution in [2.24, 2.45) is 11.8 Å². The molecule has 3 nitrogen and oxygen atoms in total. The first-order valence-electron chi connectivity index (χ1n) is 5.82. The van der Waals surface area contributed by atoms with E-state index in [0.717, 1.165) is 35.2 Å². The van der Waals surface area contributed by atoms with E-state index in [1.807, 2.05) is 6.20 Å². The predicted molar refractivity (Wildman–Crippen MR) is 68.7 cm³/mol. The fraction of sp³-hybridized carbons (Fsp3) is 0.583. The molecule has 1 aromatic rings. The Morgan fingerprint density at radius 1 is 1.38 bits per heavy atom. The summed E-state index contributed by atoms with van der Waals surface area (Å²) in [7, 11) is 0. The lowest BCUT2D eigenvalue weighted by atomic mass is 10.0. The summed E-state index contributed by atoms with van der Waals surface area (Å²) in [6, 6.07) is 2.18. The maximum absolute atomic E-state index is 4.51. The lowest BCUT2D eigenvalue weighted by molar-refractivity contribution is 0.533. The minimum atomic E-state index is 0.825. The number of rotatable bonds is 1. The molecule has 1 N–H and O–H groups in total. The van der Waals surface area contributed by atoms with Gasteiger partial charge in [0.1, 0.15) is 5.82 Å². The number of hydrogen-bond donors (Lipinski definition) is 1. The van der Waals surface area contributed by atoms with Crippen molar-refractivity contribution in [2.45, 2.75) is 6.92 Å². The Bertz CT molecular complexity index is 395. The maximum atomic E-state index is 4.51. The molecule has 0 spiro atoms. The highest BCUT2D eigenvalue weighted by molar-refractivity contribution is 9.10. The molecule has 0 aliphatic carbocycles. The van der Waals surface area contributed by atoms with E-state index in [1.54, 1.807) is 0 Å². The Hall–Kier alpha value is -0.610. The molecule has 4 heteroatoms. The van der Waals surface area contributed by atoms with Gasteiger partial charge in [0, 0.05) is 36.8 Å². The standard InChI is InChI=1S/C12H16BrN3/c1-8-2-12(15-5-11(8)13)16-6-9-3-14-4-10(9)7-16/h2,5,9-10,14H,3-4,6-7H2,1H3/t9-,10+. The van der Waals surface area contributed by atoms with Crippen molar-refractivity contribution in [1.29, 1.82) is 0 Å². The van der Waals surface area contributed by atoms with Crippen LogP contribution in [0.15, 0.2) is 16.7 Å². The highest BCUT2D eigenvalue weighted by atomic mass is 79.9. The fourth-order valence-corrected chi connectivity index (χ4v) is 2.96. The molecule has 0 unspecified atom stereocenters. The fourth-order valence-electron chi connectivity index (χ4n) is 2.74. The molecular weight excluding hydrogens is 266 g/mol. The van der Waals surface area contributed by atoms with Gasteiger partial charge in [-0.1, -0.05) is 0 Å². The van der Waals surface area contributed by atoms with Crippen molar-refractivity contribution in [3.05, 3.63) is 22.3 Å². The van der Waals surface area contributed by atoms with Crippen molar-refractivity contribution in [1.82, 2.24) is 10.3 Å². The van der Waals surface area contributed by atoms with E-state index in [-0.39, 0.29) is 0 Å². The number of anilines is 1. The Morgan fingerprint density at radius 2 is 2.06 bits per heavy atom. The summed E-state index contributed by atoms with van der Waals surface area (Å²) in [4.78, 5) is 6.93. The smallest absolute Gasteiger partial charge is 0.128 e. The summed E-state index contributed by atoms with van der Waals surface area (Å²) in [5.74, 6) is 2.78. The topological polar surface area (TPSA) is 28.2 Å². The second kappa shape index (κ2) is 4.00. The molecule has 2 aliphatic rings. The highest BCUT2D eigenvalue weighted by Gasteiger charge is 2.36. The molecule has 2 atom stereocenters. The number of nitrogens with zero attached hydrogens (tertiary/aromatic N) is 2. The van der Waals surface area contributed by atoms with E-state index in [0.29, 0.717) is 0 Å². The molecule has 2 fully saturated rings. The number of fused-ring (bicyclic) bond motifs is 1. The van der Waals surface area contributed by atoms with Crippen LogP contribution in [-0.4, -0.2) is 31.2 Å². The lowest BCUT2D eigenvalue weighted by Gasteiger charge is -2.19. The molecule has 3 rings (SSSR count). The second-order valence-electron chi connectivity index (χ2n) is 4.88. The van der Waals surface area contributed by atoms with Gasteiger partial charge in [0.15, 0.2) is 0 Å². The van der Waals surface area contributed by atoms with Gasteiger partial charge in [0.25, 0.3) is 0 Å². The van der Waals surface area contributed by atoms with Crippen molar-refractivity contribution in [3.8, 4) is 0 Å². The third-order valence-electron chi connectivity index (χ3n) is 3.75. The predicted octanol–water partition coefficient (Wildman–Crippen LogP) is 1.81. The van der Waals surface area contributed by atoms with Crippen molar-refractivity contribution in [2.75, 3.05) is 31.1 Å². The molecule has 0 bridgehead atoms. The van der Waals surface area contributed by atoms with Crippen molar-refractivity contribution in [3.63, 3.8) is 0 Å². The van der Waals surface area contributed by atoms with Gasteiger partial charge in [0.2, 0.25) is 0 Å². The number of aromatic nitrogens is 1. The van der Waals surface area contributed by atoms with Gasteiger partial charge in [-0.15, -0.1) is 0 Å². The quantitative estimate of drug-likeness (QED) is 0.851. The molecule has 86 valence electrons. The number of aryl methyl sites for hydroxylation is 1. The van der Waals surface area contributed by atoms with Gasteiger partial charge in [0.05, 0.1) is 0 Å². The zero-order chi connectivity index (χ0) is 11.1. The van der Waals surface area contributed by atoms with Crippen LogP contribution in [0.25, 0.3) is 0 Å². The zero-order valence-corrected chi connectivity index (χ0v) is 11.0. The summed E-state index contributed by atoms with van der Waals surface area (Å²) < 4.78 is 1.09. The third kappa shape index (κ3) is 1.74. The highest BCUT2D eigenvalue weighted by Crippen LogP contribution is 2.30. The summed E-state index contributed by atoms with van der Waals surface area (Å²) in [6.07, 6.45) is 1.91. The molecule has 0 amide bonds. The van der Waals surface area contributed by atoms with Gasteiger partial charge >= 0.3 is 0 Å². The Balaban J connectivity index is 1.81. The molecule has 0 aromatic carbocycles. The van der Waals surface area contributed by atoms with Gasteiger partial charge in [-0.05, 0) is 46.3 Å². The summed E-state index contributed by atoms with van der Waals surface area (Å²) in [5, 5.41) is 3.46. The summed E-state index contributed by atoms with van der Waals surface area (Å²) >= 11 is 3.50. The summed E-state index contributed by atoms with van der Waals surface area (Å²) in [5.41, 5.74) is 1.26. The monoisotopic (exact) mass is 281 g/mol. The molecule has 2 aliphatic heterocycles. The molecule has 2 saturated heterocycles. The zero-order valence-electron chi connectivity index (χ0n) is 9.41. The normalized spacial score (nSPS) is 28.5. The largest absolute Gasteiger partial charge is 0.356 e. The Kier molecular flexibility index (Phi) is 2.64. The minimum Gasteiger partial charge on any atom is -0.356 e. The van der Waals surface area contributed by atoms with Crippen LogP contribution in [0.5, 0.6) is 0 Å². The van der Waals surface area contributed by atoms with E-state index in [1.165, 1.54) is 18.7 Å². The van der Waals surface area contributed by atoms with Crippen LogP contribution >= 0.6 is 15.9 Å². The van der Waals surface area contributed by atoms with Crippen LogP contribution in [0.1, 0.15) is 5.56 Å². The number of nitrogens with one attached hydrogen (secondary N) is 1. The average molecular weight is 282 g/mol. The molecular formula is C12H16BrN3. The van der Waals surface area contributed by atoms with Crippen molar-refractivity contribution < 1.29 is 0 Å². The molecule has 3 heterocycles. The van der Waals surface area contributed by atoms with Crippen LogP contribution in [0.3, 0.4) is 0 Å². The SMILES string of the molecule is Cc1cc(N2C[C@H]3CNC[C@H]3C2)ncc1Br. The summed E-state index contributed by atoms with van der Waals surface area (Å²) in [6.45, 7) is 6.79. The van der Waals surface area contributed by atoms with E-state index >= 15 is 0 Å². The minimum absolute atomic E-state index is 0.825. The Labute approximate surface area is 104 Å². The van der Waals surface area contributed by atoms with Gasteiger partial charge < -0.3 is 10.2 Å². The van der Waals surface area contributed by atoms with Crippen LogP contribution in [-0.2, 0) is 0 Å². The second-order valence-corrected chi connectivity index (χ2v) is 5.73. The van der Waals surface area contributed by atoms with Crippen LogP contribution < -0.4 is 10.2 Å². The lowest BCUT2D eigenvalue weighted by Crippen LogP contribution is -2.26. The maximum Gasteiger partial charge on any atom is 0.128 e. The first-order chi connectivity index (χ1) is 7.74.